The quantitative estimate of drug-likeness (QED) is 0.881. The summed E-state index contributed by atoms with van der Waals surface area (Å²) in [4.78, 5) is 1.23. The molecule has 0 spiro atoms. The number of rotatable bonds is 2. The molecule has 2 atom stereocenters. The maximum absolute atomic E-state index is 10.4. The average Bonchev–Trinajstić information content (AvgIpc) is 2.94. The topological polar surface area (TPSA) is 29.5 Å². The Bertz CT molecular complexity index is 533. The van der Waals surface area contributed by atoms with Gasteiger partial charge in [-0.1, -0.05) is 18.2 Å². The summed E-state index contributed by atoms with van der Waals surface area (Å²) in [7, 11) is 0. The number of hydrogen-bond donors (Lipinski definition) is 1. The molecule has 3 rings (SSSR count). The molecule has 0 saturated heterocycles. The SMILES string of the molecule is Cc1cc(C(O)C2COc3ccccc32)cs1. The van der Waals surface area contributed by atoms with E-state index in [1.54, 1.807) is 11.3 Å². The number of aliphatic hydroxyl groups is 1. The molecular weight excluding hydrogens is 232 g/mol. The predicted molar refractivity (Wildman–Crippen MR) is 68.7 cm³/mol. The molecule has 0 fully saturated rings. The van der Waals surface area contributed by atoms with Crippen molar-refractivity contribution in [1.29, 1.82) is 0 Å². The number of aryl methyl sites for hydroxylation is 1. The summed E-state index contributed by atoms with van der Waals surface area (Å²) >= 11 is 1.67. The van der Waals surface area contributed by atoms with Gasteiger partial charge in [-0.2, -0.15) is 0 Å². The van der Waals surface area contributed by atoms with Crippen molar-refractivity contribution in [2.24, 2.45) is 0 Å². The highest BCUT2D eigenvalue weighted by molar-refractivity contribution is 7.10. The number of benzene rings is 1. The van der Waals surface area contributed by atoms with Gasteiger partial charge in [0.2, 0.25) is 0 Å². The number of para-hydroxylation sites is 1. The minimum atomic E-state index is -0.469. The van der Waals surface area contributed by atoms with E-state index in [9.17, 15) is 5.11 Å². The summed E-state index contributed by atoms with van der Waals surface area (Å²) in [6.45, 7) is 2.62. The van der Waals surface area contributed by atoms with Gasteiger partial charge in [0.25, 0.3) is 0 Å². The molecule has 2 nitrogen and oxygen atoms in total. The van der Waals surface area contributed by atoms with Crippen molar-refractivity contribution >= 4 is 11.3 Å². The van der Waals surface area contributed by atoms with Gasteiger partial charge >= 0.3 is 0 Å². The first-order valence-corrected chi connectivity index (χ1v) is 6.58. The van der Waals surface area contributed by atoms with Gasteiger partial charge in [-0.25, -0.2) is 0 Å². The molecule has 1 aliphatic rings. The lowest BCUT2D eigenvalue weighted by atomic mass is 9.92. The van der Waals surface area contributed by atoms with E-state index in [0.29, 0.717) is 6.61 Å². The van der Waals surface area contributed by atoms with Gasteiger partial charge in [0, 0.05) is 10.4 Å². The van der Waals surface area contributed by atoms with E-state index in [1.807, 2.05) is 29.6 Å². The van der Waals surface area contributed by atoms with Gasteiger partial charge in [-0.3, -0.25) is 0 Å². The van der Waals surface area contributed by atoms with Crippen LogP contribution in [0.4, 0.5) is 0 Å². The largest absolute Gasteiger partial charge is 0.493 e. The summed E-state index contributed by atoms with van der Waals surface area (Å²) in [5.41, 5.74) is 2.11. The molecule has 0 radical (unpaired) electrons. The summed E-state index contributed by atoms with van der Waals surface area (Å²) in [5.74, 6) is 0.962. The van der Waals surface area contributed by atoms with E-state index < -0.39 is 6.10 Å². The fraction of sp³-hybridized carbons (Fsp3) is 0.286. The second kappa shape index (κ2) is 4.17. The zero-order chi connectivity index (χ0) is 11.8. The molecule has 2 heterocycles. The first-order valence-electron chi connectivity index (χ1n) is 5.70. The Morgan fingerprint density at radius 1 is 1.41 bits per heavy atom. The molecule has 2 aromatic rings. The molecule has 0 saturated carbocycles. The molecular formula is C14H14O2S. The molecule has 1 aromatic carbocycles. The lowest BCUT2D eigenvalue weighted by Gasteiger charge is -2.15. The van der Waals surface area contributed by atoms with Crippen molar-refractivity contribution in [3.63, 3.8) is 0 Å². The standard InChI is InChI=1S/C14H14O2S/c1-9-6-10(8-17-9)14(15)12-7-16-13-5-3-2-4-11(12)13/h2-6,8,12,14-15H,7H2,1H3. The van der Waals surface area contributed by atoms with Crippen LogP contribution in [0.25, 0.3) is 0 Å². The fourth-order valence-electron chi connectivity index (χ4n) is 2.30. The van der Waals surface area contributed by atoms with Crippen LogP contribution >= 0.6 is 11.3 Å². The highest BCUT2D eigenvalue weighted by Crippen LogP contribution is 2.41. The van der Waals surface area contributed by atoms with E-state index in [1.165, 1.54) is 4.88 Å². The van der Waals surface area contributed by atoms with Crippen LogP contribution in [0.2, 0.25) is 0 Å². The van der Waals surface area contributed by atoms with Gasteiger partial charge in [-0.15, -0.1) is 11.3 Å². The van der Waals surface area contributed by atoms with E-state index in [-0.39, 0.29) is 5.92 Å². The van der Waals surface area contributed by atoms with Gasteiger partial charge in [0.05, 0.1) is 18.6 Å². The number of thiophene rings is 1. The second-order valence-electron chi connectivity index (χ2n) is 4.39. The minimum Gasteiger partial charge on any atom is -0.493 e. The zero-order valence-corrected chi connectivity index (χ0v) is 10.4. The van der Waals surface area contributed by atoms with Crippen LogP contribution < -0.4 is 4.74 Å². The maximum atomic E-state index is 10.4. The molecule has 0 bridgehead atoms. The number of fused-ring (bicyclic) bond motifs is 1. The van der Waals surface area contributed by atoms with Crippen molar-refractivity contribution in [3.8, 4) is 5.75 Å². The Balaban J connectivity index is 1.92. The van der Waals surface area contributed by atoms with Crippen molar-refractivity contribution in [1.82, 2.24) is 0 Å². The molecule has 1 N–H and O–H groups in total. The number of hydrogen-bond acceptors (Lipinski definition) is 3. The first kappa shape index (κ1) is 10.8. The third-order valence-corrected chi connectivity index (χ3v) is 4.09. The van der Waals surface area contributed by atoms with E-state index in [0.717, 1.165) is 16.9 Å². The highest BCUT2D eigenvalue weighted by atomic mass is 32.1. The molecule has 1 aromatic heterocycles. The summed E-state index contributed by atoms with van der Waals surface area (Å²) in [6, 6.07) is 10.0. The Morgan fingerprint density at radius 2 is 2.24 bits per heavy atom. The average molecular weight is 246 g/mol. The van der Waals surface area contributed by atoms with Gasteiger partial charge < -0.3 is 9.84 Å². The molecule has 0 aliphatic carbocycles. The van der Waals surface area contributed by atoms with E-state index in [4.69, 9.17) is 4.74 Å². The van der Waals surface area contributed by atoms with Crippen LogP contribution in [-0.2, 0) is 0 Å². The van der Waals surface area contributed by atoms with Crippen LogP contribution in [0.15, 0.2) is 35.7 Å². The lowest BCUT2D eigenvalue weighted by molar-refractivity contribution is 0.130. The minimum absolute atomic E-state index is 0.0557. The lowest BCUT2D eigenvalue weighted by Crippen LogP contribution is -2.11. The second-order valence-corrected chi connectivity index (χ2v) is 5.51. The van der Waals surface area contributed by atoms with Crippen molar-refractivity contribution in [2.45, 2.75) is 18.9 Å². The maximum Gasteiger partial charge on any atom is 0.123 e. The fourth-order valence-corrected chi connectivity index (χ4v) is 3.03. The normalized spacial score (nSPS) is 19.8. The summed E-state index contributed by atoms with van der Waals surface area (Å²) < 4.78 is 5.60. The number of aliphatic hydroxyl groups excluding tert-OH is 1. The van der Waals surface area contributed by atoms with Crippen LogP contribution in [0.1, 0.15) is 28.0 Å². The highest BCUT2D eigenvalue weighted by Gasteiger charge is 2.31. The van der Waals surface area contributed by atoms with Crippen molar-refractivity contribution < 1.29 is 9.84 Å². The third kappa shape index (κ3) is 1.85. The van der Waals surface area contributed by atoms with E-state index in [2.05, 4.69) is 13.0 Å². The molecule has 0 amide bonds. The smallest absolute Gasteiger partial charge is 0.123 e. The van der Waals surface area contributed by atoms with Crippen molar-refractivity contribution in [3.05, 3.63) is 51.7 Å². The van der Waals surface area contributed by atoms with E-state index >= 15 is 0 Å². The Kier molecular flexibility index (Phi) is 2.65. The Hall–Kier alpha value is -1.32. The van der Waals surface area contributed by atoms with Gasteiger partial charge in [0.15, 0.2) is 0 Å². The molecule has 17 heavy (non-hydrogen) atoms. The van der Waals surface area contributed by atoms with Crippen LogP contribution in [0.3, 0.4) is 0 Å². The predicted octanol–water partition coefficient (Wildman–Crippen LogP) is 3.27. The molecule has 3 heteroatoms. The molecule has 1 aliphatic heterocycles. The molecule has 2 unspecified atom stereocenters. The summed E-state index contributed by atoms with van der Waals surface area (Å²) in [6.07, 6.45) is -0.469. The molecule has 88 valence electrons. The zero-order valence-electron chi connectivity index (χ0n) is 9.59. The van der Waals surface area contributed by atoms with Gasteiger partial charge in [0.1, 0.15) is 5.75 Å². The van der Waals surface area contributed by atoms with Crippen LogP contribution in [0, 0.1) is 6.92 Å². The third-order valence-electron chi connectivity index (χ3n) is 3.21. The monoisotopic (exact) mass is 246 g/mol. The first-order chi connectivity index (χ1) is 8.25. The summed E-state index contributed by atoms with van der Waals surface area (Å²) in [5, 5.41) is 12.4. The Labute approximate surface area is 104 Å². The number of ether oxygens (including phenoxy) is 1. The Morgan fingerprint density at radius 3 is 3.00 bits per heavy atom. The van der Waals surface area contributed by atoms with Crippen LogP contribution in [0.5, 0.6) is 5.75 Å². The van der Waals surface area contributed by atoms with Crippen molar-refractivity contribution in [2.75, 3.05) is 6.61 Å². The van der Waals surface area contributed by atoms with Crippen LogP contribution in [-0.4, -0.2) is 11.7 Å². The van der Waals surface area contributed by atoms with Gasteiger partial charge in [-0.05, 0) is 30.0 Å².